The Morgan fingerprint density at radius 3 is 2.93 bits per heavy atom. The van der Waals surface area contributed by atoms with Crippen molar-refractivity contribution < 1.29 is 0 Å². The Morgan fingerprint density at radius 1 is 1.50 bits per heavy atom. The molecule has 0 saturated heterocycles. The van der Waals surface area contributed by atoms with E-state index in [0.29, 0.717) is 0 Å². The predicted molar refractivity (Wildman–Crippen MR) is 73.5 cm³/mol. The van der Waals surface area contributed by atoms with Crippen LogP contribution in [0.4, 0.5) is 0 Å². The van der Waals surface area contributed by atoms with Gasteiger partial charge in [-0.3, -0.25) is 0 Å². The molecule has 0 unspecified atom stereocenters. The Morgan fingerprint density at radius 2 is 2.29 bits per heavy atom. The number of fused-ring (bicyclic) bond motifs is 1. The molecule has 0 atom stereocenters. The quantitative estimate of drug-likeness (QED) is 0.472. The molecule has 1 aromatic carbocycles. The number of thiol groups is 1. The highest BCUT2D eigenvalue weighted by Gasteiger charge is 2.09. The van der Waals surface area contributed by atoms with Crippen LogP contribution in [0.25, 0.3) is 10.1 Å². The maximum atomic E-state index is 4.49. The molecule has 2 rings (SSSR count). The molecule has 14 heavy (non-hydrogen) atoms. The van der Waals surface area contributed by atoms with Crippen LogP contribution < -0.4 is 0 Å². The van der Waals surface area contributed by atoms with Crippen LogP contribution in [-0.2, 0) is 5.33 Å². The lowest BCUT2D eigenvalue weighted by Crippen LogP contribution is -1.83. The van der Waals surface area contributed by atoms with E-state index in [1.165, 1.54) is 20.5 Å². The third kappa shape index (κ3) is 1.73. The molecule has 2 aromatic rings. The maximum absolute atomic E-state index is 4.49. The standard InChI is InChI=1S/C10H9BrS3/c1-13-10-6(4-11)2-3-8-9(10)7(12)5-14-8/h2-3,5,12H,4H2,1H3. The smallest absolute Gasteiger partial charge is 0.0365 e. The molecule has 0 fully saturated rings. The van der Waals surface area contributed by atoms with Crippen molar-refractivity contribution in [3.05, 3.63) is 23.1 Å². The third-order valence-corrected chi connectivity index (χ3v) is 5.06. The van der Waals surface area contributed by atoms with Crippen molar-refractivity contribution in [1.29, 1.82) is 0 Å². The van der Waals surface area contributed by atoms with Crippen LogP contribution >= 0.6 is 51.7 Å². The van der Waals surface area contributed by atoms with E-state index in [9.17, 15) is 0 Å². The lowest BCUT2D eigenvalue weighted by atomic mass is 10.2. The van der Waals surface area contributed by atoms with Gasteiger partial charge in [-0.25, -0.2) is 0 Å². The minimum atomic E-state index is 0.905. The van der Waals surface area contributed by atoms with Crippen molar-refractivity contribution in [2.75, 3.05) is 6.26 Å². The monoisotopic (exact) mass is 304 g/mol. The van der Waals surface area contributed by atoms with E-state index in [1.807, 2.05) is 0 Å². The topological polar surface area (TPSA) is 0 Å². The second kappa shape index (κ2) is 4.47. The first-order chi connectivity index (χ1) is 6.77. The van der Waals surface area contributed by atoms with Gasteiger partial charge in [0.05, 0.1) is 0 Å². The van der Waals surface area contributed by atoms with Gasteiger partial charge in [0.1, 0.15) is 0 Å². The number of hydrogen-bond acceptors (Lipinski definition) is 3. The molecule has 0 N–H and O–H groups in total. The summed E-state index contributed by atoms with van der Waals surface area (Å²) < 4.78 is 1.32. The molecule has 0 radical (unpaired) electrons. The van der Waals surface area contributed by atoms with E-state index in [1.54, 1.807) is 23.1 Å². The van der Waals surface area contributed by atoms with Gasteiger partial charge in [-0.15, -0.1) is 35.7 Å². The molecule has 0 amide bonds. The minimum Gasteiger partial charge on any atom is -0.143 e. The summed E-state index contributed by atoms with van der Waals surface area (Å²) in [6.07, 6.45) is 2.12. The van der Waals surface area contributed by atoms with E-state index in [-0.39, 0.29) is 0 Å². The van der Waals surface area contributed by atoms with Crippen molar-refractivity contribution in [1.82, 2.24) is 0 Å². The molecule has 74 valence electrons. The van der Waals surface area contributed by atoms with E-state index in [2.05, 4.69) is 52.3 Å². The van der Waals surface area contributed by atoms with Crippen molar-refractivity contribution in [3.8, 4) is 0 Å². The van der Waals surface area contributed by atoms with Crippen LogP contribution in [0.2, 0.25) is 0 Å². The minimum absolute atomic E-state index is 0.905. The molecular weight excluding hydrogens is 296 g/mol. The first kappa shape index (κ1) is 10.9. The van der Waals surface area contributed by atoms with E-state index in [0.717, 1.165) is 10.2 Å². The number of thiophene rings is 1. The zero-order valence-corrected chi connectivity index (χ0v) is 11.7. The van der Waals surface area contributed by atoms with Crippen molar-refractivity contribution in [3.63, 3.8) is 0 Å². The number of hydrogen-bond donors (Lipinski definition) is 1. The second-order valence-electron chi connectivity index (χ2n) is 2.89. The van der Waals surface area contributed by atoms with Gasteiger partial charge >= 0.3 is 0 Å². The maximum Gasteiger partial charge on any atom is 0.0365 e. The third-order valence-electron chi connectivity index (χ3n) is 2.10. The summed E-state index contributed by atoms with van der Waals surface area (Å²) in [5.74, 6) is 0. The average Bonchev–Trinajstić information content (AvgIpc) is 2.59. The molecule has 1 heterocycles. The fourth-order valence-corrected chi connectivity index (χ4v) is 4.38. The first-order valence-corrected chi connectivity index (χ1v) is 7.77. The summed E-state index contributed by atoms with van der Waals surface area (Å²) >= 11 is 11.6. The van der Waals surface area contributed by atoms with Crippen LogP contribution in [0.1, 0.15) is 5.56 Å². The van der Waals surface area contributed by atoms with E-state index in [4.69, 9.17) is 0 Å². The normalized spacial score (nSPS) is 11.1. The molecule has 0 bridgehead atoms. The van der Waals surface area contributed by atoms with Gasteiger partial charge < -0.3 is 0 Å². The SMILES string of the molecule is CSc1c(CBr)ccc2scc(S)c12. The van der Waals surface area contributed by atoms with E-state index >= 15 is 0 Å². The van der Waals surface area contributed by atoms with Gasteiger partial charge in [-0.05, 0) is 17.9 Å². The van der Waals surface area contributed by atoms with E-state index < -0.39 is 0 Å². The highest BCUT2D eigenvalue weighted by Crippen LogP contribution is 2.38. The number of thioether (sulfide) groups is 1. The van der Waals surface area contributed by atoms with Gasteiger partial charge in [-0.1, -0.05) is 22.0 Å². The van der Waals surface area contributed by atoms with Crippen LogP contribution in [-0.4, -0.2) is 6.26 Å². The van der Waals surface area contributed by atoms with Gasteiger partial charge in [-0.2, -0.15) is 0 Å². The highest BCUT2D eigenvalue weighted by molar-refractivity contribution is 9.08. The lowest BCUT2D eigenvalue weighted by molar-refractivity contribution is 1.32. The molecular formula is C10H9BrS3. The number of halogens is 1. The summed E-state index contributed by atoms with van der Waals surface area (Å²) in [6.45, 7) is 0. The molecule has 0 aliphatic carbocycles. The summed E-state index contributed by atoms with van der Waals surface area (Å²) in [5, 5.41) is 4.32. The Hall–Kier alpha value is 0.360. The van der Waals surface area contributed by atoms with Crippen LogP contribution in [0.3, 0.4) is 0 Å². The van der Waals surface area contributed by atoms with Gasteiger partial charge in [0.25, 0.3) is 0 Å². The highest BCUT2D eigenvalue weighted by atomic mass is 79.9. The van der Waals surface area contributed by atoms with Crippen LogP contribution in [0.5, 0.6) is 0 Å². The first-order valence-electron chi connectivity index (χ1n) is 4.10. The van der Waals surface area contributed by atoms with Gasteiger partial charge in [0.15, 0.2) is 0 Å². The zero-order valence-electron chi connectivity index (χ0n) is 7.58. The Kier molecular flexibility index (Phi) is 3.47. The lowest BCUT2D eigenvalue weighted by Gasteiger charge is -2.06. The van der Waals surface area contributed by atoms with Crippen LogP contribution in [0.15, 0.2) is 27.3 Å². The molecule has 0 spiro atoms. The molecule has 0 aliphatic heterocycles. The fourth-order valence-electron chi connectivity index (χ4n) is 1.47. The Labute approximate surface area is 106 Å². The van der Waals surface area contributed by atoms with Crippen molar-refractivity contribution in [2.24, 2.45) is 0 Å². The number of rotatable bonds is 2. The Bertz CT molecular complexity index is 462. The molecule has 4 heteroatoms. The zero-order chi connectivity index (χ0) is 10.1. The second-order valence-corrected chi connectivity index (χ2v) is 5.66. The number of benzene rings is 1. The largest absolute Gasteiger partial charge is 0.143 e. The Balaban J connectivity index is 2.81. The average molecular weight is 305 g/mol. The summed E-state index contributed by atoms with van der Waals surface area (Å²) in [4.78, 5) is 2.45. The van der Waals surface area contributed by atoms with Crippen molar-refractivity contribution in [2.45, 2.75) is 15.1 Å². The van der Waals surface area contributed by atoms with Crippen molar-refractivity contribution >= 4 is 61.7 Å². The number of alkyl halides is 1. The summed E-state index contributed by atoms with van der Waals surface area (Å²) in [5.41, 5.74) is 1.35. The van der Waals surface area contributed by atoms with Crippen LogP contribution in [0, 0.1) is 0 Å². The summed E-state index contributed by atoms with van der Waals surface area (Å²) in [7, 11) is 0. The molecule has 0 saturated carbocycles. The predicted octanol–water partition coefficient (Wildman–Crippen LogP) is 4.81. The molecule has 1 aromatic heterocycles. The fraction of sp³-hybridized carbons (Fsp3) is 0.200. The molecule has 0 nitrogen and oxygen atoms in total. The van der Waals surface area contributed by atoms with Gasteiger partial charge in [0.2, 0.25) is 0 Å². The summed E-state index contributed by atoms with van der Waals surface area (Å²) in [6, 6.07) is 4.36. The molecule has 0 aliphatic rings. The van der Waals surface area contributed by atoms with Gasteiger partial charge in [0, 0.05) is 30.6 Å².